The number of hydrogen-bond acceptors (Lipinski definition) is 9. The summed E-state index contributed by atoms with van der Waals surface area (Å²) in [6, 6.07) is 12.6. The van der Waals surface area contributed by atoms with Crippen LogP contribution in [0.2, 0.25) is 0 Å². The molecule has 4 aromatic heterocycles. The van der Waals surface area contributed by atoms with Gasteiger partial charge in [0.1, 0.15) is 35.5 Å². The second-order valence-electron chi connectivity index (χ2n) is 10.1. The monoisotopic (exact) mass is 580 g/mol. The molecule has 6 rings (SSSR count). The Balaban J connectivity index is 1.59. The molecular formula is C30H25FN8O2S. The van der Waals surface area contributed by atoms with Crippen molar-refractivity contribution >= 4 is 33.1 Å². The highest BCUT2D eigenvalue weighted by Gasteiger charge is 2.27. The van der Waals surface area contributed by atoms with Crippen molar-refractivity contribution in [3.05, 3.63) is 87.3 Å². The Bertz CT molecular complexity index is 2110. The van der Waals surface area contributed by atoms with E-state index in [0.717, 1.165) is 5.69 Å². The van der Waals surface area contributed by atoms with Gasteiger partial charge in [0.15, 0.2) is 10.6 Å². The number of nitrogens with zero attached hydrogens (tertiary/aromatic N) is 7. The Hall–Kier alpha value is -5.15. The number of fused-ring (bicyclic) bond motifs is 2. The number of hydrogen-bond donors (Lipinski definition) is 1. The second-order valence-corrected chi connectivity index (χ2v) is 10.9. The normalized spacial score (nSPS) is 12.2. The third-order valence-electron chi connectivity index (χ3n) is 6.90. The van der Waals surface area contributed by atoms with E-state index in [-0.39, 0.29) is 23.0 Å². The molecule has 6 aromatic rings. The van der Waals surface area contributed by atoms with Crippen LogP contribution in [0, 0.1) is 24.1 Å². The van der Waals surface area contributed by atoms with Crippen LogP contribution >= 0.6 is 11.3 Å². The van der Waals surface area contributed by atoms with Crippen LogP contribution < -0.4 is 16.0 Å². The number of nitrogens with two attached hydrogens (primary N) is 1. The maximum Gasteiger partial charge on any atom is 0.266 e. The molecule has 2 aromatic carbocycles. The first-order chi connectivity index (χ1) is 20.2. The lowest BCUT2D eigenvalue weighted by Crippen LogP contribution is -2.23. The number of benzene rings is 2. The fraction of sp³-hybridized carbons (Fsp3) is 0.200. The lowest BCUT2D eigenvalue weighted by Gasteiger charge is -2.17. The molecule has 12 heteroatoms. The summed E-state index contributed by atoms with van der Waals surface area (Å²) in [4.78, 5) is 28.0. The molecule has 0 radical (unpaired) electrons. The second kappa shape index (κ2) is 10.4. The minimum Gasteiger partial charge on any atom is -0.490 e. The highest BCUT2D eigenvalue weighted by molar-refractivity contribution is 7.15. The summed E-state index contributed by atoms with van der Waals surface area (Å²) >= 11 is 1.34. The highest BCUT2D eigenvalue weighted by atomic mass is 32.1. The maximum absolute atomic E-state index is 14.4. The lowest BCUT2D eigenvalue weighted by molar-refractivity contribution is 0.242. The molecule has 0 saturated carbocycles. The fourth-order valence-corrected chi connectivity index (χ4v) is 5.89. The molecule has 0 fully saturated rings. The Kier molecular flexibility index (Phi) is 6.67. The molecule has 0 bridgehead atoms. The summed E-state index contributed by atoms with van der Waals surface area (Å²) in [5.74, 6) is 0.196. The van der Waals surface area contributed by atoms with Crippen LogP contribution in [0.5, 0.6) is 5.75 Å². The molecule has 0 saturated heterocycles. The van der Waals surface area contributed by atoms with Gasteiger partial charge < -0.3 is 10.5 Å². The van der Waals surface area contributed by atoms with E-state index in [4.69, 9.17) is 20.6 Å². The molecule has 0 aliphatic carbocycles. The Morgan fingerprint density at radius 3 is 2.67 bits per heavy atom. The molecule has 0 unspecified atom stereocenters. The predicted octanol–water partition coefficient (Wildman–Crippen LogP) is 5.53. The van der Waals surface area contributed by atoms with Crippen LogP contribution in [0.1, 0.15) is 43.8 Å². The van der Waals surface area contributed by atoms with Gasteiger partial charge in [0.2, 0.25) is 0 Å². The van der Waals surface area contributed by atoms with Crippen molar-refractivity contribution in [1.82, 2.24) is 29.1 Å². The largest absolute Gasteiger partial charge is 0.490 e. The van der Waals surface area contributed by atoms with E-state index in [9.17, 15) is 14.4 Å². The van der Waals surface area contributed by atoms with Gasteiger partial charge in [-0.05, 0) is 63.6 Å². The van der Waals surface area contributed by atoms with E-state index < -0.39 is 11.9 Å². The number of halogens is 1. The van der Waals surface area contributed by atoms with Crippen LogP contribution in [0.25, 0.3) is 38.4 Å². The molecular weight excluding hydrogens is 555 g/mol. The van der Waals surface area contributed by atoms with Crippen molar-refractivity contribution in [2.75, 3.05) is 5.73 Å². The van der Waals surface area contributed by atoms with Gasteiger partial charge in [0.05, 0.1) is 34.4 Å². The third-order valence-corrected chi connectivity index (χ3v) is 7.84. The van der Waals surface area contributed by atoms with Crippen LogP contribution in [0.15, 0.2) is 59.0 Å². The van der Waals surface area contributed by atoms with E-state index in [1.807, 2.05) is 33.1 Å². The van der Waals surface area contributed by atoms with Crippen molar-refractivity contribution in [2.45, 2.75) is 39.8 Å². The van der Waals surface area contributed by atoms with Gasteiger partial charge in [-0.25, -0.2) is 24.0 Å². The zero-order valence-corrected chi connectivity index (χ0v) is 24.0. The number of aromatic nitrogens is 6. The average molecular weight is 581 g/mol. The van der Waals surface area contributed by atoms with E-state index in [1.165, 1.54) is 34.2 Å². The van der Waals surface area contributed by atoms with Crippen molar-refractivity contribution in [3.8, 4) is 34.2 Å². The minimum atomic E-state index is -0.632. The summed E-state index contributed by atoms with van der Waals surface area (Å²) in [6.07, 6.45) is 1.23. The van der Waals surface area contributed by atoms with Crippen LogP contribution in [-0.4, -0.2) is 35.2 Å². The molecule has 0 aliphatic heterocycles. The molecule has 0 spiro atoms. The average Bonchev–Trinajstić information content (AvgIpc) is 3.54. The number of ether oxygens (including phenoxy) is 1. The Morgan fingerprint density at radius 2 is 1.93 bits per heavy atom. The van der Waals surface area contributed by atoms with Crippen molar-refractivity contribution < 1.29 is 9.13 Å². The number of anilines is 1. The van der Waals surface area contributed by atoms with Gasteiger partial charge in [-0.15, -0.1) is 11.3 Å². The number of nitrogen functional groups attached to an aromatic ring is 1. The van der Waals surface area contributed by atoms with Crippen LogP contribution in [0.3, 0.4) is 0 Å². The summed E-state index contributed by atoms with van der Waals surface area (Å²) in [7, 11) is 0. The number of thiazole rings is 1. The van der Waals surface area contributed by atoms with Gasteiger partial charge in [0, 0.05) is 16.6 Å². The lowest BCUT2D eigenvalue weighted by atomic mass is 10.0. The van der Waals surface area contributed by atoms with Gasteiger partial charge in [-0.2, -0.15) is 10.4 Å². The summed E-state index contributed by atoms with van der Waals surface area (Å²) in [5, 5.41) is 17.0. The topological polar surface area (TPSA) is 137 Å². The SMILES string of the molecule is Cc1csc2nc([C@H](C)n3nc(-c4ccc(OC(C)C)c(C#N)c4)c4c(N)ncnc43)c(-c3cccc(F)c3)c(=O)n12. The third kappa shape index (κ3) is 4.44. The Morgan fingerprint density at radius 1 is 1.12 bits per heavy atom. The zero-order valence-electron chi connectivity index (χ0n) is 23.2. The molecule has 2 N–H and O–H groups in total. The smallest absolute Gasteiger partial charge is 0.266 e. The zero-order chi connectivity index (χ0) is 29.7. The molecule has 0 aliphatic rings. The van der Waals surface area contributed by atoms with E-state index >= 15 is 0 Å². The predicted molar refractivity (Wildman–Crippen MR) is 159 cm³/mol. The molecule has 1 atom stereocenters. The first-order valence-electron chi connectivity index (χ1n) is 13.1. The summed E-state index contributed by atoms with van der Waals surface area (Å²) in [6.45, 7) is 7.44. The maximum atomic E-state index is 14.4. The first-order valence-corrected chi connectivity index (χ1v) is 14.0. The van der Waals surface area contributed by atoms with E-state index in [1.54, 1.807) is 35.0 Å². The number of nitriles is 1. The summed E-state index contributed by atoms with van der Waals surface area (Å²) < 4.78 is 23.3. The van der Waals surface area contributed by atoms with Crippen molar-refractivity contribution in [3.63, 3.8) is 0 Å². The van der Waals surface area contributed by atoms with E-state index in [2.05, 4.69) is 16.0 Å². The molecule has 4 heterocycles. The van der Waals surface area contributed by atoms with Gasteiger partial charge in [-0.3, -0.25) is 9.20 Å². The standard InChI is InChI=1S/C30H25FN8O2S/c1-15(2)41-22-9-8-19(10-20(22)12-32)26-24-27(33)34-14-35-28(24)39(37-26)17(4)25-23(18-6-5-7-21(31)11-18)29(40)38-16(3)13-42-30(38)36-25/h5-11,13-15,17H,1-4H3,(H2,33,34,35)/t17-/m0/s1. The van der Waals surface area contributed by atoms with Gasteiger partial charge in [-0.1, -0.05) is 12.1 Å². The van der Waals surface area contributed by atoms with Crippen LogP contribution in [0.4, 0.5) is 10.2 Å². The minimum absolute atomic E-state index is 0.110. The van der Waals surface area contributed by atoms with Gasteiger partial charge >= 0.3 is 0 Å². The Labute approximate surface area is 243 Å². The van der Waals surface area contributed by atoms with Gasteiger partial charge in [0.25, 0.3) is 5.56 Å². The quantitative estimate of drug-likeness (QED) is 0.272. The molecule has 42 heavy (non-hydrogen) atoms. The van der Waals surface area contributed by atoms with Crippen molar-refractivity contribution in [1.29, 1.82) is 5.26 Å². The first kappa shape index (κ1) is 27.0. The number of rotatable bonds is 6. The van der Waals surface area contributed by atoms with Crippen LogP contribution in [-0.2, 0) is 0 Å². The fourth-order valence-electron chi connectivity index (χ4n) is 5.02. The molecule has 0 amide bonds. The molecule has 210 valence electrons. The van der Waals surface area contributed by atoms with E-state index in [0.29, 0.717) is 49.8 Å². The number of aryl methyl sites for hydroxylation is 1. The molecule has 10 nitrogen and oxygen atoms in total. The van der Waals surface area contributed by atoms with Crippen molar-refractivity contribution in [2.24, 2.45) is 0 Å². The summed E-state index contributed by atoms with van der Waals surface area (Å²) in [5.41, 5.74) is 9.67. The highest BCUT2D eigenvalue weighted by Crippen LogP contribution is 2.36.